The third-order valence-corrected chi connectivity index (χ3v) is 8.98. The summed E-state index contributed by atoms with van der Waals surface area (Å²) in [6.45, 7) is 12.4. The van der Waals surface area contributed by atoms with Gasteiger partial charge in [0.05, 0.1) is 23.3 Å². The van der Waals surface area contributed by atoms with E-state index in [0.717, 1.165) is 44.9 Å². The number of aliphatic hydroxyl groups is 2. The Morgan fingerprint density at radius 1 is 0.676 bits per heavy atom. The number of carbonyl (C=O) groups excluding carboxylic acids is 2. The highest BCUT2D eigenvalue weighted by atomic mass is 16.3. The van der Waals surface area contributed by atoms with Gasteiger partial charge in [-0.15, -0.1) is 0 Å². The average molecular weight is 479 g/mol. The van der Waals surface area contributed by atoms with Crippen molar-refractivity contribution in [3.8, 4) is 0 Å². The summed E-state index contributed by atoms with van der Waals surface area (Å²) in [4.78, 5) is 29.7. The van der Waals surface area contributed by atoms with Crippen LogP contribution in [0.1, 0.15) is 125 Å². The van der Waals surface area contributed by atoms with E-state index in [1.165, 1.54) is 0 Å². The number of nitrogens with zero attached hydrogens (tertiary/aromatic N) is 1. The molecular weight excluding hydrogens is 428 g/mol. The molecule has 3 aliphatic carbocycles. The predicted octanol–water partition coefficient (Wildman–Crippen LogP) is 4.69. The Labute approximate surface area is 207 Å². The Morgan fingerprint density at radius 2 is 1.00 bits per heavy atom. The van der Waals surface area contributed by atoms with Crippen LogP contribution in [-0.4, -0.2) is 50.2 Å². The van der Waals surface area contributed by atoms with Crippen LogP contribution < -0.4 is 5.73 Å². The number of hydrogen-bond acceptors (Lipinski definition) is 4. The van der Waals surface area contributed by atoms with Crippen molar-refractivity contribution in [2.24, 2.45) is 22.0 Å². The zero-order valence-electron chi connectivity index (χ0n) is 22.6. The van der Waals surface area contributed by atoms with Gasteiger partial charge in [0.15, 0.2) is 0 Å². The number of amides is 2. The maximum absolute atomic E-state index is 14.8. The van der Waals surface area contributed by atoms with E-state index in [1.807, 2.05) is 4.90 Å². The lowest BCUT2D eigenvalue weighted by atomic mass is 9.65. The van der Waals surface area contributed by atoms with E-state index >= 15 is 0 Å². The zero-order valence-corrected chi connectivity index (χ0v) is 22.6. The predicted molar refractivity (Wildman–Crippen MR) is 135 cm³/mol. The zero-order chi connectivity index (χ0) is 25.6. The van der Waals surface area contributed by atoms with Gasteiger partial charge in [0, 0.05) is 0 Å². The molecule has 3 fully saturated rings. The summed E-state index contributed by atoms with van der Waals surface area (Å²) in [7, 11) is 0. The van der Waals surface area contributed by atoms with Crippen molar-refractivity contribution in [2.45, 2.75) is 148 Å². The van der Waals surface area contributed by atoms with Crippen LogP contribution in [0.2, 0.25) is 0 Å². The molecular formula is C28H50N2O4. The van der Waals surface area contributed by atoms with Crippen LogP contribution in [-0.2, 0) is 9.59 Å². The third-order valence-electron chi connectivity index (χ3n) is 8.98. The molecule has 2 atom stereocenters. The van der Waals surface area contributed by atoms with Crippen molar-refractivity contribution in [1.29, 1.82) is 0 Å². The van der Waals surface area contributed by atoms with Crippen molar-refractivity contribution in [1.82, 2.24) is 4.90 Å². The van der Waals surface area contributed by atoms with Gasteiger partial charge in [-0.2, -0.15) is 0 Å². The van der Waals surface area contributed by atoms with Crippen LogP contribution in [0.3, 0.4) is 0 Å². The smallest absolute Gasteiger partial charge is 0.238 e. The molecule has 196 valence electrons. The number of hydrogen-bond donors (Lipinski definition) is 3. The minimum atomic E-state index is -1.27. The molecule has 6 nitrogen and oxygen atoms in total. The highest BCUT2D eigenvalue weighted by molar-refractivity contribution is 6.04. The molecule has 3 aliphatic rings. The summed E-state index contributed by atoms with van der Waals surface area (Å²) in [5.41, 5.74) is 1.73. The Hall–Kier alpha value is -1.14. The molecule has 0 aromatic carbocycles. The van der Waals surface area contributed by atoms with Gasteiger partial charge in [-0.3, -0.25) is 9.59 Å². The lowest BCUT2D eigenvalue weighted by Gasteiger charge is -2.58. The third kappa shape index (κ3) is 4.91. The lowest BCUT2D eigenvalue weighted by Crippen LogP contribution is -2.72. The van der Waals surface area contributed by atoms with Crippen LogP contribution >= 0.6 is 0 Å². The molecule has 2 amide bonds. The molecule has 0 radical (unpaired) electrons. The fraction of sp³-hybridized carbons (Fsp3) is 0.929. The number of nitrogens with two attached hydrogens (primary N) is 1. The molecule has 0 spiro atoms. The van der Waals surface area contributed by atoms with Crippen molar-refractivity contribution in [2.75, 3.05) is 0 Å². The lowest BCUT2D eigenvalue weighted by molar-refractivity contribution is -0.191. The molecule has 0 saturated heterocycles. The Bertz CT molecular complexity index is 705. The first kappa shape index (κ1) is 27.4. The van der Waals surface area contributed by atoms with E-state index in [-0.39, 0.29) is 5.91 Å². The Kier molecular flexibility index (Phi) is 7.58. The largest absolute Gasteiger partial charge is 0.388 e. The van der Waals surface area contributed by atoms with E-state index in [0.29, 0.717) is 38.5 Å². The molecule has 6 heteroatoms. The maximum atomic E-state index is 14.8. The van der Waals surface area contributed by atoms with Gasteiger partial charge in [-0.25, -0.2) is 0 Å². The molecule has 3 saturated carbocycles. The van der Waals surface area contributed by atoms with Crippen LogP contribution in [0, 0.1) is 16.2 Å². The molecule has 0 aliphatic heterocycles. The molecule has 0 bridgehead atoms. The summed E-state index contributed by atoms with van der Waals surface area (Å²) in [5, 5.41) is 24.2. The minimum absolute atomic E-state index is 0.264. The number of rotatable bonds is 6. The van der Waals surface area contributed by atoms with Crippen LogP contribution in [0.4, 0.5) is 0 Å². The van der Waals surface area contributed by atoms with Gasteiger partial charge in [0.25, 0.3) is 0 Å². The van der Waals surface area contributed by atoms with Gasteiger partial charge in [0.2, 0.25) is 11.8 Å². The fourth-order valence-corrected chi connectivity index (χ4v) is 7.84. The molecule has 0 aromatic heterocycles. The minimum Gasteiger partial charge on any atom is -0.388 e. The van der Waals surface area contributed by atoms with E-state index < -0.39 is 45.4 Å². The number of carbonyl (C=O) groups is 2. The SMILES string of the molecule is CC(C)(C)[C@@H](N(C(=O)C1(C(N)=O)CCCCC1)[C@H](C(C)(C)C)C1(O)CCCC1)C1(O)CCCC1. The topological polar surface area (TPSA) is 104 Å². The van der Waals surface area contributed by atoms with E-state index in [4.69, 9.17) is 5.73 Å². The first-order valence-electron chi connectivity index (χ1n) is 13.7. The summed E-state index contributed by atoms with van der Waals surface area (Å²) in [5.74, 6) is -0.820. The molecule has 0 aromatic rings. The summed E-state index contributed by atoms with van der Waals surface area (Å²) < 4.78 is 0. The van der Waals surface area contributed by atoms with Gasteiger partial charge in [-0.1, -0.05) is 86.5 Å². The first-order chi connectivity index (χ1) is 15.6. The molecule has 0 unspecified atom stereocenters. The standard InChI is InChI=1S/C28H50N2O4/c1-24(2,3)20(27(33)16-10-11-17-27)30(21(25(4,5)6)28(34)18-12-13-19-28)23(32)26(22(29)31)14-8-7-9-15-26/h20-21,33-34H,7-19H2,1-6H3,(H2,29,31)/t20-,21-/m1/s1. The second kappa shape index (κ2) is 9.38. The van der Waals surface area contributed by atoms with Crippen molar-refractivity contribution >= 4 is 11.8 Å². The summed E-state index contributed by atoms with van der Waals surface area (Å²) >= 11 is 0. The molecule has 3 rings (SSSR count). The second-order valence-electron chi connectivity index (χ2n) is 13.9. The van der Waals surface area contributed by atoms with Gasteiger partial charge >= 0.3 is 0 Å². The van der Waals surface area contributed by atoms with Crippen LogP contribution in [0.5, 0.6) is 0 Å². The Balaban J connectivity index is 2.27. The Morgan fingerprint density at radius 3 is 1.29 bits per heavy atom. The highest BCUT2D eigenvalue weighted by Gasteiger charge is 2.61. The monoisotopic (exact) mass is 478 g/mol. The number of primary amides is 1. The average Bonchev–Trinajstić information content (AvgIpc) is 3.34. The van der Waals surface area contributed by atoms with Gasteiger partial charge < -0.3 is 20.8 Å². The quantitative estimate of drug-likeness (QED) is 0.482. The maximum Gasteiger partial charge on any atom is 0.238 e. The van der Waals surface area contributed by atoms with Crippen molar-refractivity contribution in [3.05, 3.63) is 0 Å². The normalized spacial score (nSPS) is 26.1. The van der Waals surface area contributed by atoms with Crippen molar-refractivity contribution < 1.29 is 19.8 Å². The van der Waals surface area contributed by atoms with E-state index in [1.54, 1.807) is 0 Å². The summed E-state index contributed by atoms with van der Waals surface area (Å²) in [6.07, 6.45) is 9.60. The van der Waals surface area contributed by atoms with E-state index in [9.17, 15) is 19.8 Å². The van der Waals surface area contributed by atoms with Gasteiger partial charge in [-0.05, 0) is 49.4 Å². The van der Waals surface area contributed by atoms with E-state index in [2.05, 4.69) is 41.5 Å². The van der Waals surface area contributed by atoms with Crippen LogP contribution in [0.25, 0.3) is 0 Å². The first-order valence-corrected chi connectivity index (χ1v) is 13.7. The molecule has 4 N–H and O–H groups in total. The van der Waals surface area contributed by atoms with Crippen molar-refractivity contribution in [3.63, 3.8) is 0 Å². The molecule has 34 heavy (non-hydrogen) atoms. The van der Waals surface area contributed by atoms with Crippen LogP contribution in [0.15, 0.2) is 0 Å². The second-order valence-corrected chi connectivity index (χ2v) is 13.9. The summed E-state index contributed by atoms with van der Waals surface area (Å²) in [6, 6.07) is -1.05. The van der Waals surface area contributed by atoms with Gasteiger partial charge in [0.1, 0.15) is 5.41 Å². The highest BCUT2D eigenvalue weighted by Crippen LogP contribution is 2.51. The fourth-order valence-electron chi connectivity index (χ4n) is 7.84. The molecule has 0 heterocycles.